The van der Waals surface area contributed by atoms with Gasteiger partial charge in [0.15, 0.2) is 0 Å². The summed E-state index contributed by atoms with van der Waals surface area (Å²) >= 11 is 0. The Morgan fingerprint density at radius 2 is 2.12 bits per heavy atom. The summed E-state index contributed by atoms with van der Waals surface area (Å²) in [6.07, 6.45) is 1.58. The summed E-state index contributed by atoms with van der Waals surface area (Å²) in [5.74, 6) is -0.332. The quantitative estimate of drug-likeness (QED) is 0.818. The Hall–Kier alpha value is -1.42. The van der Waals surface area contributed by atoms with Crippen LogP contribution in [0, 0.1) is 5.82 Å². The maximum Gasteiger partial charge on any atom is 0.217 e. The third-order valence-electron chi connectivity index (χ3n) is 3.25. The molecule has 92 valence electrons. The first-order valence-corrected chi connectivity index (χ1v) is 5.88. The molecule has 1 fully saturated rings. The van der Waals surface area contributed by atoms with E-state index in [1.807, 2.05) is 6.07 Å². The van der Waals surface area contributed by atoms with Gasteiger partial charge in [0, 0.05) is 6.92 Å². The predicted molar refractivity (Wildman–Crippen MR) is 64.0 cm³/mol. The summed E-state index contributed by atoms with van der Waals surface area (Å²) in [6, 6.07) is 6.51. The molecular formula is C13H17FN2O. The van der Waals surface area contributed by atoms with Crippen LogP contribution in [0.1, 0.15) is 25.3 Å². The van der Waals surface area contributed by atoms with E-state index in [4.69, 9.17) is 0 Å². The zero-order valence-corrected chi connectivity index (χ0v) is 9.92. The number of piperidine rings is 1. The maximum absolute atomic E-state index is 13.3. The smallest absolute Gasteiger partial charge is 0.217 e. The molecule has 0 radical (unpaired) electrons. The van der Waals surface area contributed by atoms with E-state index in [1.165, 1.54) is 19.1 Å². The average molecular weight is 236 g/mol. The second-order valence-corrected chi connectivity index (χ2v) is 4.52. The van der Waals surface area contributed by atoms with E-state index in [9.17, 15) is 9.18 Å². The number of carbonyl (C=O) groups is 1. The Morgan fingerprint density at radius 3 is 2.71 bits per heavy atom. The highest BCUT2D eigenvalue weighted by atomic mass is 19.1. The van der Waals surface area contributed by atoms with Crippen molar-refractivity contribution >= 4 is 5.91 Å². The molecule has 1 aromatic rings. The minimum atomic E-state index is -0.417. The highest BCUT2D eigenvalue weighted by Gasteiger charge is 2.34. The van der Waals surface area contributed by atoms with E-state index >= 15 is 0 Å². The van der Waals surface area contributed by atoms with Crippen LogP contribution in [0.5, 0.6) is 0 Å². The Balaban J connectivity index is 2.35. The van der Waals surface area contributed by atoms with Crippen molar-refractivity contribution in [2.75, 3.05) is 13.1 Å². The first kappa shape index (κ1) is 12.0. The lowest BCUT2D eigenvalue weighted by molar-refractivity contribution is -0.121. The number of rotatable bonds is 2. The number of hydrogen-bond acceptors (Lipinski definition) is 2. The monoisotopic (exact) mass is 236 g/mol. The molecule has 0 aromatic heterocycles. The molecule has 17 heavy (non-hydrogen) atoms. The molecular weight excluding hydrogens is 219 g/mol. The van der Waals surface area contributed by atoms with E-state index in [2.05, 4.69) is 10.6 Å². The summed E-state index contributed by atoms with van der Waals surface area (Å²) in [6.45, 7) is 3.16. The lowest BCUT2D eigenvalue weighted by Gasteiger charge is -2.38. The largest absolute Gasteiger partial charge is 0.347 e. The number of amides is 1. The molecule has 0 unspecified atom stereocenters. The second-order valence-electron chi connectivity index (χ2n) is 4.52. The summed E-state index contributed by atoms with van der Waals surface area (Å²) in [5, 5.41) is 6.25. The number of halogens is 1. The SMILES string of the molecule is CC(=O)NC1(c2cccc(F)c2)CCNCC1. The molecule has 0 saturated carbocycles. The Labute approximate surface area is 100 Å². The van der Waals surface area contributed by atoms with E-state index in [0.29, 0.717) is 0 Å². The van der Waals surface area contributed by atoms with Gasteiger partial charge < -0.3 is 10.6 Å². The van der Waals surface area contributed by atoms with Crippen molar-refractivity contribution in [3.05, 3.63) is 35.6 Å². The van der Waals surface area contributed by atoms with Crippen LogP contribution in [0.25, 0.3) is 0 Å². The number of carbonyl (C=O) groups excluding carboxylic acids is 1. The zero-order chi connectivity index (χ0) is 12.3. The van der Waals surface area contributed by atoms with Gasteiger partial charge in [0.25, 0.3) is 0 Å². The van der Waals surface area contributed by atoms with Crippen LogP contribution in [0.2, 0.25) is 0 Å². The molecule has 1 saturated heterocycles. The van der Waals surface area contributed by atoms with E-state index in [1.54, 1.807) is 6.07 Å². The predicted octanol–water partition coefficient (Wildman–Crippen LogP) is 1.54. The van der Waals surface area contributed by atoms with Crippen LogP contribution in [-0.2, 0) is 10.3 Å². The van der Waals surface area contributed by atoms with Crippen molar-refractivity contribution in [2.24, 2.45) is 0 Å². The van der Waals surface area contributed by atoms with Crippen LogP contribution in [0.4, 0.5) is 4.39 Å². The van der Waals surface area contributed by atoms with Gasteiger partial charge in [0.2, 0.25) is 5.91 Å². The second kappa shape index (κ2) is 4.84. The summed E-state index contributed by atoms with van der Waals surface area (Å²) in [7, 11) is 0. The fourth-order valence-corrected chi connectivity index (χ4v) is 2.46. The van der Waals surface area contributed by atoms with Gasteiger partial charge in [0.05, 0.1) is 5.54 Å². The molecule has 0 atom stereocenters. The first-order chi connectivity index (χ1) is 8.12. The third kappa shape index (κ3) is 2.64. The molecule has 4 heteroatoms. The Kier molecular flexibility index (Phi) is 3.43. The lowest BCUT2D eigenvalue weighted by atomic mass is 9.81. The summed E-state index contributed by atoms with van der Waals surface area (Å²) in [5.41, 5.74) is 0.438. The minimum absolute atomic E-state index is 0.0730. The van der Waals surface area contributed by atoms with Crippen LogP contribution < -0.4 is 10.6 Å². The van der Waals surface area contributed by atoms with Crippen LogP contribution in [0.3, 0.4) is 0 Å². The lowest BCUT2D eigenvalue weighted by Crippen LogP contribution is -2.51. The van der Waals surface area contributed by atoms with Gasteiger partial charge in [0.1, 0.15) is 5.82 Å². The normalized spacial score (nSPS) is 18.7. The van der Waals surface area contributed by atoms with Crippen molar-refractivity contribution in [3.63, 3.8) is 0 Å². The summed E-state index contributed by atoms with van der Waals surface area (Å²) < 4.78 is 13.3. The highest BCUT2D eigenvalue weighted by Crippen LogP contribution is 2.30. The molecule has 1 amide bonds. The van der Waals surface area contributed by atoms with E-state index in [0.717, 1.165) is 31.5 Å². The minimum Gasteiger partial charge on any atom is -0.347 e. The Morgan fingerprint density at radius 1 is 1.41 bits per heavy atom. The fraction of sp³-hybridized carbons (Fsp3) is 0.462. The molecule has 1 heterocycles. The van der Waals surface area contributed by atoms with Crippen molar-refractivity contribution in [1.82, 2.24) is 10.6 Å². The van der Waals surface area contributed by atoms with E-state index in [-0.39, 0.29) is 11.7 Å². The standard InChI is InChI=1S/C13H17FN2O/c1-10(17)16-13(5-7-15-8-6-13)11-3-2-4-12(14)9-11/h2-4,9,15H,5-8H2,1H3,(H,16,17). The van der Waals surface area contributed by atoms with Crippen LogP contribution >= 0.6 is 0 Å². The third-order valence-corrected chi connectivity index (χ3v) is 3.25. The van der Waals surface area contributed by atoms with Crippen molar-refractivity contribution in [2.45, 2.75) is 25.3 Å². The van der Waals surface area contributed by atoms with Crippen LogP contribution in [-0.4, -0.2) is 19.0 Å². The van der Waals surface area contributed by atoms with Crippen molar-refractivity contribution in [3.8, 4) is 0 Å². The molecule has 1 aliphatic rings. The molecule has 2 rings (SSSR count). The van der Waals surface area contributed by atoms with Gasteiger partial charge in [-0.3, -0.25) is 4.79 Å². The van der Waals surface area contributed by atoms with Gasteiger partial charge in [-0.2, -0.15) is 0 Å². The molecule has 1 aromatic carbocycles. The molecule has 1 aliphatic heterocycles. The molecule has 0 bridgehead atoms. The molecule has 2 N–H and O–H groups in total. The number of hydrogen-bond donors (Lipinski definition) is 2. The fourth-order valence-electron chi connectivity index (χ4n) is 2.46. The molecule has 3 nitrogen and oxygen atoms in total. The maximum atomic E-state index is 13.3. The van der Waals surface area contributed by atoms with Gasteiger partial charge >= 0.3 is 0 Å². The van der Waals surface area contributed by atoms with Gasteiger partial charge in [-0.25, -0.2) is 4.39 Å². The zero-order valence-electron chi connectivity index (χ0n) is 9.92. The molecule has 0 spiro atoms. The Bertz CT molecular complexity index is 414. The average Bonchev–Trinajstić information content (AvgIpc) is 2.29. The van der Waals surface area contributed by atoms with E-state index < -0.39 is 5.54 Å². The number of benzene rings is 1. The first-order valence-electron chi connectivity index (χ1n) is 5.88. The van der Waals surface area contributed by atoms with Crippen molar-refractivity contribution in [1.29, 1.82) is 0 Å². The molecule has 0 aliphatic carbocycles. The van der Waals surface area contributed by atoms with Gasteiger partial charge in [-0.1, -0.05) is 12.1 Å². The summed E-state index contributed by atoms with van der Waals surface area (Å²) in [4.78, 5) is 11.4. The van der Waals surface area contributed by atoms with Gasteiger partial charge in [-0.15, -0.1) is 0 Å². The highest BCUT2D eigenvalue weighted by molar-refractivity contribution is 5.74. The number of nitrogens with one attached hydrogen (secondary N) is 2. The topological polar surface area (TPSA) is 41.1 Å². The van der Waals surface area contributed by atoms with Crippen LogP contribution in [0.15, 0.2) is 24.3 Å². The van der Waals surface area contributed by atoms with Crippen molar-refractivity contribution < 1.29 is 9.18 Å². The van der Waals surface area contributed by atoms with Gasteiger partial charge in [-0.05, 0) is 43.6 Å².